The van der Waals surface area contributed by atoms with Crippen LogP contribution in [0.1, 0.15) is 5.56 Å². The molecule has 0 unspecified atom stereocenters. The molecule has 0 heterocycles. The second-order valence-electron chi connectivity index (χ2n) is 5.63. The van der Waals surface area contributed by atoms with Crippen LogP contribution in [0.3, 0.4) is 0 Å². The Labute approximate surface area is 148 Å². The molecule has 0 atom stereocenters. The van der Waals surface area contributed by atoms with Crippen molar-refractivity contribution < 1.29 is 14.6 Å². The van der Waals surface area contributed by atoms with Gasteiger partial charge < -0.3 is 14.6 Å². The molecule has 0 spiro atoms. The number of hydrogen-bond donors (Lipinski definition) is 1. The van der Waals surface area contributed by atoms with Crippen LogP contribution in [0, 0.1) is 6.07 Å². The van der Waals surface area contributed by atoms with Crippen LogP contribution in [0.4, 0.5) is 0 Å². The minimum atomic E-state index is 0.0294. The molecule has 127 valence electrons. The fraction of sp³-hybridized carbons (Fsp3) is 0.182. The zero-order valence-electron chi connectivity index (χ0n) is 14.5. The van der Waals surface area contributed by atoms with Gasteiger partial charge in [0, 0.05) is 23.8 Å². The number of hydrogen-bond acceptors (Lipinski definition) is 3. The van der Waals surface area contributed by atoms with Crippen LogP contribution in [-0.2, 0) is 6.42 Å². The molecule has 0 aliphatic heterocycles. The van der Waals surface area contributed by atoms with Gasteiger partial charge in [0.05, 0.1) is 19.8 Å². The Morgan fingerprint density at radius 3 is 1.88 bits per heavy atom. The van der Waals surface area contributed by atoms with E-state index in [9.17, 15) is 5.11 Å². The molecule has 25 heavy (non-hydrogen) atoms. The third-order valence-electron chi connectivity index (χ3n) is 4.13. The Balaban J connectivity index is 2.35. The lowest BCUT2D eigenvalue weighted by Gasteiger charge is -2.20. The molecule has 0 aliphatic rings. The average Bonchev–Trinajstić information content (AvgIpc) is 2.68. The van der Waals surface area contributed by atoms with Crippen molar-refractivity contribution in [3.05, 3.63) is 72.3 Å². The molecule has 1 N–H and O–H groups in total. The second kappa shape index (κ2) is 7.86. The fourth-order valence-electron chi connectivity index (χ4n) is 3.04. The van der Waals surface area contributed by atoms with Crippen LogP contribution in [0.25, 0.3) is 22.3 Å². The van der Waals surface area contributed by atoms with Crippen LogP contribution in [-0.4, -0.2) is 25.9 Å². The number of benzene rings is 3. The summed E-state index contributed by atoms with van der Waals surface area (Å²) >= 11 is 0. The van der Waals surface area contributed by atoms with Crippen molar-refractivity contribution in [1.29, 1.82) is 0 Å². The predicted octanol–water partition coefficient (Wildman–Crippen LogP) is 4.37. The van der Waals surface area contributed by atoms with Gasteiger partial charge in [-0.3, -0.25) is 0 Å². The highest BCUT2D eigenvalue weighted by molar-refractivity contribution is 5.87. The van der Waals surface area contributed by atoms with Gasteiger partial charge in [-0.15, -0.1) is 0 Å². The Kier molecular flexibility index (Phi) is 5.36. The summed E-state index contributed by atoms with van der Waals surface area (Å²) in [5, 5.41) is 9.48. The van der Waals surface area contributed by atoms with Crippen molar-refractivity contribution in [2.75, 3.05) is 20.8 Å². The van der Waals surface area contributed by atoms with Gasteiger partial charge >= 0.3 is 0 Å². The van der Waals surface area contributed by atoms with E-state index in [1.165, 1.54) is 0 Å². The Morgan fingerprint density at radius 1 is 0.800 bits per heavy atom. The summed E-state index contributed by atoms with van der Waals surface area (Å²) in [5.41, 5.74) is 4.60. The highest BCUT2D eigenvalue weighted by atomic mass is 16.5. The molecule has 0 amide bonds. The lowest BCUT2D eigenvalue weighted by atomic mass is 9.92. The quantitative estimate of drug-likeness (QED) is 0.728. The van der Waals surface area contributed by atoms with Crippen molar-refractivity contribution in [2.45, 2.75) is 6.42 Å². The lowest BCUT2D eigenvalue weighted by Crippen LogP contribution is -2.02. The summed E-state index contributed by atoms with van der Waals surface area (Å²) in [4.78, 5) is 0. The van der Waals surface area contributed by atoms with E-state index in [0.29, 0.717) is 12.2 Å². The Morgan fingerprint density at radius 2 is 1.36 bits per heavy atom. The fourth-order valence-corrected chi connectivity index (χ4v) is 3.04. The molecule has 0 saturated carbocycles. The van der Waals surface area contributed by atoms with Crippen LogP contribution >= 0.6 is 0 Å². The molecule has 3 aromatic rings. The van der Waals surface area contributed by atoms with E-state index >= 15 is 0 Å². The van der Waals surface area contributed by atoms with Crippen LogP contribution in [0.5, 0.6) is 11.5 Å². The highest BCUT2D eigenvalue weighted by Gasteiger charge is 2.22. The van der Waals surface area contributed by atoms with Gasteiger partial charge in [0.1, 0.15) is 11.5 Å². The molecular weight excluding hydrogens is 312 g/mol. The monoisotopic (exact) mass is 333 g/mol. The maximum Gasteiger partial charge on any atom is 0.138 e. The molecule has 3 nitrogen and oxygen atoms in total. The van der Waals surface area contributed by atoms with Gasteiger partial charge in [0.15, 0.2) is 0 Å². The van der Waals surface area contributed by atoms with Gasteiger partial charge in [-0.25, -0.2) is 0 Å². The maximum absolute atomic E-state index is 9.48. The van der Waals surface area contributed by atoms with Crippen LogP contribution in [0.2, 0.25) is 0 Å². The summed E-state index contributed by atoms with van der Waals surface area (Å²) in [5.74, 6) is 1.41. The van der Waals surface area contributed by atoms with Crippen LogP contribution < -0.4 is 9.47 Å². The minimum Gasteiger partial charge on any atom is -0.496 e. The van der Waals surface area contributed by atoms with Crippen molar-refractivity contribution >= 4 is 0 Å². The standard InChI is InChI=1S/C22H21O3/c1-24-21-18(13-14-23)15-19(16-9-5-3-6-10-16)22(25-2)20(21)17-11-7-4-8-12-17/h3-12,23H,13-14H2,1-2H3. The van der Waals surface area contributed by atoms with E-state index in [-0.39, 0.29) is 6.61 Å². The molecule has 3 aromatic carbocycles. The van der Waals surface area contributed by atoms with E-state index in [1.54, 1.807) is 14.2 Å². The third kappa shape index (κ3) is 3.37. The third-order valence-corrected chi connectivity index (χ3v) is 4.13. The minimum absolute atomic E-state index is 0.0294. The number of methoxy groups -OCH3 is 2. The van der Waals surface area contributed by atoms with E-state index in [0.717, 1.165) is 33.6 Å². The highest BCUT2D eigenvalue weighted by Crippen LogP contribution is 2.46. The smallest absolute Gasteiger partial charge is 0.138 e. The normalized spacial score (nSPS) is 10.5. The van der Waals surface area contributed by atoms with Crippen LogP contribution in [0.15, 0.2) is 60.7 Å². The SMILES string of the molecule is COc1c(CCO)[c]c(-c2ccccc2)c(OC)c1-c1ccccc1. The van der Waals surface area contributed by atoms with E-state index < -0.39 is 0 Å². The first kappa shape index (κ1) is 17.1. The summed E-state index contributed by atoms with van der Waals surface area (Å²) in [6, 6.07) is 23.4. The van der Waals surface area contributed by atoms with Gasteiger partial charge in [0.25, 0.3) is 0 Å². The first-order valence-corrected chi connectivity index (χ1v) is 8.22. The molecule has 0 saturated heterocycles. The van der Waals surface area contributed by atoms with E-state index in [2.05, 4.69) is 6.07 Å². The first-order chi connectivity index (χ1) is 12.3. The van der Waals surface area contributed by atoms with Gasteiger partial charge in [0.2, 0.25) is 0 Å². The number of ether oxygens (including phenoxy) is 2. The average molecular weight is 333 g/mol. The van der Waals surface area contributed by atoms with Gasteiger partial charge in [-0.05, 0) is 17.5 Å². The largest absolute Gasteiger partial charge is 0.496 e. The zero-order valence-corrected chi connectivity index (χ0v) is 14.5. The molecule has 0 aliphatic carbocycles. The van der Waals surface area contributed by atoms with E-state index in [1.807, 2.05) is 60.7 Å². The molecule has 3 heteroatoms. The zero-order chi connectivity index (χ0) is 17.6. The molecule has 3 rings (SSSR count). The summed E-state index contributed by atoms with van der Waals surface area (Å²) in [6.07, 6.45) is 0.465. The second-order valence-corrected chi connectivity index (χ2v) is 5.63. The number of rotatable bonds is 6. The van der Waals surface area contributed by atoms with E-state index in [4.69, 9.17) is 9.47 Å². The molecule has 0 aromatic heterocycles. The van der Waals surface area contributed by atoms with Gasteiger partial charge in [-0.1, -0.05) is 60.7 Å². The van der Waals surface area contributed by atoms with Crippen molar-refractivity contribution in [2.24, 2.45) is 0 Å². The molecule has 1 radical (unpaired) electrons. The Hall–Kier alpha value is -2.78. The molecule has 0 bridgehead atoms. The summed E-state index contributed by atoms with van der Waals surface area (Å²) in [6.45, 7) is 0.0294. The summed E-state index contributed by atoms with van der Waals surface area (Å²) < 4.78 is 11.5. The topological polar surface area (TPSA) is 38.7 Å². The maximum atomic E-state index is 9.48. The van der Waals surface area contributed by atoms with Crippen molar-refractivity contribution in [1.82, 2.24) is 0 Å². The molecule has 0 fully saturated rings. The lowest BCUT2D eigenvalue weighted by molar-refractivity contribution is 0.296. The number of aliphatic hydroxyl groups is 1. The first-order valence-electron chi connectivity index (χ1n) is 8.22. The molecular formula is C22H21O3. The van der Waals surface area contributed by atoms with Gasteiger partial charge in [-0.2, -0.15) is 0 Å². The van der Waals surface area contributed by atoms with Crippen molar-refractivity contribution in [3.8, 4) is 33.8 Å². The predicted molar refractivity (Wildman–Crippen MR) is 100 cm³/mol. The number of aliphatic hydroxyl groups excluding tert-OH is 1. The van der Waals surface area contributed by atoms with Crippen molar-refractivity contribution in [3.63, 3.8) is 0 Å². The Bertz CT molecular complexity index is 827. The summed E-state index contributed by atoms with van der Waals surface area (Å²) in [7, 11) is 3.30.